The molecule has 1 aromatic carbocycles. The van der Waals surface area contributed by atoms with Crippen LogP contribution in [0.15, 0.2) is 24.3 Å². The Morgan fingerprint density at radius 2 is 1.89 bits per heavy atom. The molecule has 2 nitrogen and oxygen atoms in total. The van der Waals surface area contributed by atoms with E-state index in [1.807, 2.05) is 0 Å². The maximum Gasteiger partial charge on any atom is 0.387 e. The molecule has 0 aliphatic heterocycles. The third-order valence-electron chi connectivity index (χ3n) is 2.75. The van der Waals surface area contributed by atoms with E-state index in [9.17, 15) is 8.78 Å². The van der Waals surface area contributed by atoms with Gasteiger partial charge in [0, 0.05) is 6.54 Å². The first-order chi connectivity index (χ1) is 8.61. The van der Waals surface area contributed by atoms with Gasteiger partial charge >= 0.3 is 6.61 Å². The molecule has 0 aliphatic rings. The van der Waals surface area contributed by atoms with Crippen molar-refractivity contribution in [2.24, 2.45) is 5.92 Å². The molecule has 0 spiro atoms. The van der Waals surface area contributed by atoms with Crippen molar-refractivity contribution >= 4 is 0 Å². The van der Waals surface area contributed by atoms with Gasteiger partial charge in [0.25, 0.3) is 0 Å². The molecule has 1 unspecified atom stereocenters. The molecule has 0 aromatic heterocycles. The van der Waals surface area contributed by atoms with E-state index in [0.717, 1.165) is 18.7 Å². The Hall–Kier alpha value is -1.16. The Bertz CT molecular complexity index is 327. The molecule has 0 amide bonds. The lowest BCUT2D eigenvalue weighted by Crippen LogP contribution is -2.20. The summed E-state index contributed by atoms with van der Waals surface area (Å²) in [6.07, 6.45) is 2.41. The maximum atomic E-state index is 12.0. The Labute approximate surface area is 107 Å². The lowest BCUT2D eigenvalue weighted by atomic mass is 10.1. The standard InChI is InChI=1S/C14H21F2NO/c1-3-4-11(2)9-17-10-12-5-7-13(8-6-12)18-14(15)16/h5-8,11,14,17H,3-4,9-10H2,1-2H3. The van der Waals surface area contributed by atoms with E-state index in [-0.39, 0.29) is 5.75 Å². The first kappa shape index (κ1) is 14.9. The van der Waals surface area contributed by atoms with E-state index in [4.69, 9.17) is 0 Å². The Kier molecular flexibility index (Phi) is 6.65. The van der Waals surface area contributed by atoms with Crippen LogP contribution < -0.4 is 10.1 Å². The molecule has 1 rings (SSSR count). The lowest BCUT2D eigenvalue weighted by molar-refractivity contribution is -0.0498. The average molecular weight is 257 g/mol. The quantitative estimate of drug-likeness (QED) is 0.764. The molecular weight excluding hydrogens is 236 g/mol. The van der Waals surface area contributed by atoms with Crippen molar-refractivity contribution in [1.82, 2.24) is 5.32 Å². The number of nitrogens with one attached hydrogen (secondary N) is 1. The van der Waals surface area contributed by atoms with Crippen molar-refractivity contribution in [2.45, 2.75) is 39.8 Å². The molecule has 0 saturated carbocycles. The lowest BCUT2D eigenvalue weighted by Gasteiger charge is -2.11. The summed E-state index contributed by atoms with van der Waals surface area (Å²) in [7, 11) is 0. The summed E-state index contributed by atoms with van der Waals surface area (Å²) in [5.41, 5.74) is 1.07. The fourth-order valence-electron chi connectivity index (χ4n) is 1.85. The number of ether oxygens (including phenoxy) is 1. The molecule has 4 heteroatoms. The molecular formula is C14H21F2NO. The van der Waals surface area contributed by atoms with E-state index < -0.39 is 6.61 Å². The summed E-state index contributed by atoms with van der Waals surface area (Å²) >= 11 is 0. The molecule has 0 bridgehead atoms. The summed E-state index contributed by atoms with van der Waals surface area (Å²) in [6.45, 7) is 3.37. The van der Waals surface area contributed by atoms with Gasteiger partial charge in [0.2, 0.25) is 0 Å². The van der Waals surface area contributed by atoms with E-state index in [1.54, 1.807) is 24.3 Å². The number of hydrogen-bond donors (Lipinski definition) is 1. The highest BCUT2D eigenvalue weighted by atomic mass is 19.3. The smallest absolute Gasteiger partial charge is 0.387 e. The Morgan fingerprint density at radius 3 is 2.44 bits per heavy atom. The highest BCUT2D eigenvalue weighted by molar-refractivity contribution is 5.27. The van der Waals surface area contributed by atoms with Crippen molar-refractivity contribution in [2.75, 3.05) is 6.54 Å². The number of hydrogen-bond acceptors (Lipinski definition) is 2. The maximum absolute atomic E-state index is 12.0. The normalized spacial score (nSPS) is 12.7. The predicted molar refractivity (Wildman–Crippen MR) is 68.9 cm³/mol. The highest BCUT2D eigenvalue weighted by Crippen LogP contribution is 2.14. The summed E-state index contributed by atoms with van der Waals surface area (Å²) in [5, 5.41) is 3.36. The van der Waals surface area contributed by atoms with Crippen LogP contribution in [0.25, 0.3) is 0 Å². The highest BCUT2D eigenvalue weighted by Gasteiger charge is 2.04. The number of rotatable bonds is 8. The zero-order valence-electron chi connectivity index (χ0n) is 11.0. The van der Waals surface area contributed by atoms with Crippen molar-refractivity contribution in [3.63, 3.8) is 0 Å². The van der Waals surface area contributed by atoms with Crippen LogP contribution in [0.4, 0.5) is 8.78 Å². The molecule has 18 heavy (non-hydrogen) atoms. The van der Waals surface area contributed by atoms with Gasteiger partial charge in [-0.25, -0.2) is 0 Å². The van der Waals surface area contributed by atoms with E-state index >= 15 is 0 Å². The van der Waals surface area contributed by atoms with Crippen LogP contribution in [0.5, 0.6) is 5.75 Å². The Balaban J connectivity index is 2.30. The van der Waals surface area contributed by atoms with Gasteiger partial charge in [-0.3, -0.25) is 0 Å². The van der Waals surface area contributed by atoms with Crippen LogP contribution in [0.3, 0.4) is 0 Å². The zero-order valence-corrected chi connectivity index (χ0v) is 11.0. The fraction of sp³-hybridized carbons (Fsp3) is 0.571. The zero-order chi connectivity index (χ0) is 13.4. The molecule has 1 atom stereocenters. The topological polar surface area (TPSA) is 21.3 Å². The van der Waals surface area contributed by atoms with Gasteiger partial charge in [0.15, 0.2) is 0 Å². The largest absolute Gasteiger partial charge is 0.435 e. The van der Waals surface area contributed by atoms with Crippen molar-refractivity contribution in [3.05, 3.63) is 29.8 Å². The third-order valence-corrected chi connectivity index (χ3v) is 2.75. The van der Waals surface area contributed by atoms with Gasteiger partial charge in [-0.2, -0.15) is 8.78 Å². The summed E-state index contributed by atoms with van der Waals surface area (Å²) in [5.74, 6) is 0.865. The average Bonchev–Trinajstić information content (AvgIpc) is 2.31. The van der Waals surface area contributed by atoms with Crippen LogP contribution in [0.2, 0.25) is 0 Å². The fourth-order valence-corrected chi connectivity index (χ4v) is 1.85. The van der Waals surface area contributed by atoms with E-state index in [1.165, 1.54) is 12.8 Å². The molecule has 0 saturated heterocycles. The summed E-state index contributed by atoms with van der Waals surface area (Å²) in [4.78, 5) is 0. The van der Waals surface area contributed by atoms with Crippen LogP contribution in [-0.4, -0.2) is 13.2 Å². The van der Waals surface area contributed by atoms with Crippen LogP contribution >= 0.6 is 0 Å². The van der Waals surface area contributed by atoms with Crippen molar-refractivity contribution in [1.29, 1.82) is 0 Å². The molecule has 0 aliphatic carbocycles. The first-order valence-electron chi connectivity index (χ1n) is 6.36. The summed E-state index contributed by atoms with van der Waals surface area (Å²) in [6, 6.07) is 6.74. The van der Waals surface area contributed by atoms with Crippen LogP contribution in [-0.2, 0) is 6.54 Å². The first-order valence-corrected chi connectivity index (χ1v) is 6.36. The van der Waals surface area contributed by atoms with E-state index in [0.29, 0.717) is 5.92 Å². The van der Waals surface area contributed by atoms with Gasteiger partial charge in [-0.15, -0.1) is 0 Å². The minimum absolute atomic E-state index is 0.202. The number of alkyl halides is 2. The minimum Gasteiger partial charge on any atom is -0.435 e. The molecule has 1 N–H and O–H groups in total. The monoisotopic (exact) mass is 257 g/mol. The SMILES string of the molecule is CCCC(C)CNCc1ccc(OC(F)F)cc1. The van der Waals surface area contributed by atoms with Crippen LogP contribution in [0.1, 0.15) is 32.3 Å². The second-order valence-electron chi connectivity index (χ2n) is 4.55. The molecule has 0 fully saturated rings. The number of halogens is 2. The van der Waals surface area contributed by atoms with Crippen molar-refractivity contribution in [3.8, 4) is 5.75 Å². The Morgan fingerprint density at radius 1 is 1.22 bits per heavy atom. The van der Waals surface area contributed by atoms with Gasteiger partial charge < -0.3 is 10.1 Å². The van der Waals surface area contributed by atoms with Gasteiger partial charge in [-0.1, -0.05) is 32.4 Å². The molecule has 0 radical (unpaired) electrons. The second-order valence-corrected chi connectivity index (χ2v) is 4.55. The molecule has 102 valence electrons. The van der Waals surface area contributed by atoms with Crippen LogP contribution in [0, 0.1) is 5.92 Å². The molecule has 0 heterocycles. The van der Waals surface area contributed by atoms with Gasteiger partial charge in [0.1, 0.15) is 5.75 Å². The summed E-state index contributed by atoms with van der Waals surface area (Å²) < 4.78 is 28.2. The predicted octanol–water partition coefficient (Wildman–Crippen LogP) is 3.81. The van der Waals surface area contributed by atoms with Gasteiger partial charge in [-0.05, 0) is 36.6 Å². The van der Waals surface area contributed by atoms with E-state index in [2.05, 4.69) is 23.9 Å². The molecule has 1 aromatic rings. The second kappa shape index (κ2) is 8.03. The number of benzene rings is 1. The van der Waals surface area contributed by atoms with Crippen molar-refractivity contribution < 1.29 is 13.5 Å². The third kappa shape index (κ3) is 5.96. The minimum atomic E-state index is -2.76. The van der Waals surface area contributed by atoms with Gasteiger partial charge in [0.05, 0.1) is 0 Å².